The average molecular weight is 266 g/mol. The zero-order valence-corrected chi connectivity index (χ0v) is 12.0. The van der Waals surface area contributed by atoms with Crippen LogP contribution in [0.15, 0.2) is 36.7 Å². The van der Waals surface area contributed by atoms with Crippen LogP contribution in [0.5, 0.6) is 0 Å². The monoisotopic (exact) mass is 266 g/mol. The highest BCUT2D eigenvalue weighted by Crippen LogP contribution is 2.60. The minimum atomic E-state index is 0.496. The molecule has 4 rings (SSSR count). The lowest BCUT2D eigenvalue weighted by Gasteiger charge is -2.19. The van der Waals surface area contributed by atoms with Crippen LogP contribution in [0, 0.1) is 17.8 Å². The third kappa shape index (κ3) is 1.86. The van der Waals surface area contributed by atoms with Crippen molar-refractivity contribution in [1.29, 1.82) is 0 Å². The van der Waals surface area contributed by atoms with Crippen molar-refractivity contribution in [1.82, 2.24) is 10.3 Å². The zero-order valence-electron chi connectivity index (χ0n) is 12.0. The predicted molar refractivity (Wildman–Crippen MR) is 82.5 cm³/mol. The lowest BCUT2D eigenvalue weighted by Crippen LogP contribution is -2.20. The summed E-state index contributed by atoms with van der Waals surface area (Å²) < 4.78 is 0. The van der Waals surface area contributed by atoms with Gasteiger partial charge in [-0.15, -0.1) is 0 Å². The Kier molecular flexibility index (Phi) is 2.99. The molecule has 3 unspecified atom stereocenters. The molecule has 1 heterocycles. The van der Waals surface area contributed by atoms with Gasteiger partial charge in [-0.3, -0.25) is 4.98 Å². The van der Waals surface area contributed by atoms with Gasteiger partial charge in [-0.05, 0) is 54.7 Å². The standard InChI is InChI=1S/C18H22N2/c1-19-18(17-13-6-2-3-7-14(13)17)15-8-4-5-12-9-10-20-11-16(12)15/h4-5,8-11,13-14,17-19H,2-3,6-7H2,1H3. The molecule has 20 heavy (non-hydrogen) atoms. The first-order valence-corrected chi connectivity index (χ1v) is 7.90. The van der Waals surface area contributed by atoms with Crippen molar-refractivity contribution in [3.63, 3.8) is 0 Å². The zero-order chi connectivity index (χ0) is 13.5. The molecule has 104 valence electrons. The van der Waals surface area contributed by atoms with E-state index in [1.54, 1.807) is 0 Å². The van der Waals surface area contributed by atoms with E-state index in [-0.39, 0.29) is 0 Å². The van der Waals surface area contributed by atoms with E-state index in [9.17, 15) is 0 Å². The van der Waals surface area contributed by atoms with Gasteiger partial charge in [-0.25, -0.2) is 0 Å². The molecule has 2 nitrogen and oxygen atoms in total. The first-order chi connectivity index (χ1) is 9.90. The largest absolute Gasteiger partial charge is 0.313 e. The van der Waals surface area contributed by atoms with Crippen molar-refractivity contribution in [3.8, 4) is 0 Å². The van der Waals surface area contributed by atoms with Crippen LogP contribution in [-0.2, 0) is 0 Å². The van der Waals surface area contributed by atoms with Crippen LogP contribution in [-0.4, -0.2) is 12.0 Å². The molecule has 2 saturated carbocycles. The molecular weight excluding hydrogens is 244 g/mol. The van der Waals surface area contributed by atoms with Gasteiger partial charge in [0, 0.05) is 23.8 Å². The summed E-state index contributed by atoms with van der Waals surface area (Å²) in [6.45, 7) is 0. The van der Waals surface area contributed by atoms with Gasteiger partial charge in [-0.2, -0.15) is 0 Å². The van der Waals surface area contributed by atoms with Crippen molar-refractivity contribution in [2.24, 2.45) is 17.8 Å². The van der Waals surface area contributed by atoms with E-state index in [2.05, 4.69) is 41.6 Å². The molecule has 2 heteroatoms. The van der Waals surface area contributed by atoms with Crippen LogP contribution in [0.4, 0.5) is 0 Å². The smallest absolute Gasteiger partial charge is 0.0358 e. The SMILES string of the molecule is CNC(c1cccc2ccncc12)C1C2CCCCC21. The van der Waals surface area contributed by atoms with E-state index in [4.69, 9.17) is 0 Å². The lowest BCUT2D eigenvalue weighted by molar-refractivity contribution is 0.480. The van der Waals surface area contributed by atoms with Gasteiger partial charge in [0.1, 0.15) is 0 Å². The Morgan fingerprint density at radius 3 is 2.70 bits per heavy atom. The van der Waals surface area contributed by atoms with Gasteiger partial charge in [0.05, 0.1) is 0 Å². The van der Waals surface area contributed by atoms with Crippen molar-refractivity contribution >= 4 is 10.8 Å². The summed E-state index contributed by atoms with van der Waals surface area (Å²) in [5, 5.41) is 6.23. The van der Waals surface area contributed by atoms with Gasteiger partial charge < -0.3 is 5.32 Å². The van der Waals surface area contributed by atoms with Crippen LogP contribution in [0.25, 0.3) is 10.8 Å². The topological polar surface area (TPSA) is 24.9 Å². The molecule has 2 aliphatic rings. The van der Waals surface area contributed by atoms with Gasteiger partial charge >= 0.3 is 0 Å². The summed E-state index contributed by atoms with van der Waals surface area (Å²) in [5.41, 5.74) is 1.44. The average Bonchev–Trinajstić information content (AvgIpc) is 3.23. The number of fused-ring (bicyclic) bond motifs is 2. The normalized spacial score (nSPS) is 29.9. The molecule has 1 aromatic carbocycles. The second-order valence-electron chi connectivity index (χ2n) is 6.40. The first kappa shape index (κ1) is 12.3. The molecule has 1 aromatic heterocycles. The maximum Gasteiger partial charge on any atom is 0.0358 e. The molecule has 2 fully saturated rings. The molecule has 3 atom stereocenters. The third-order valence-corrected chi connectivity index (χ3v) is 5.47. The van der Waals surface area contributed by atoms with Crippen LogP contribution in [0.2, 0.25) is 0 Å². The van der Waals surface area contributed by atoms with E-state index in [0.717, 1.165) is 17.8 Å². The maximum atomic E-state index is 4.33. The molecule has 1 N–H and O–H groups in total. The van der Waals surface area contributed by atoms with Crippen molar-refractivity contribution in [2.45, 2.75) is 31.7 Å². The fourth-order valence-corrected chi connectivity index (χ4v) is 4.51. The second kappa shape index (κ2) is 4.85. The maximum absolute atomic E-state index is 4.33. The van der Waals surface area contributed by atoms with Crippen LogP contribution >= 0.6 is 0 Å². The number of benzene rings is 1. The Balaban J connectivity index is 1.73. The van der Waals surface area contributed by atoms with Crippen LogP contribution in [0.1, 0.15) is 37.3 Å². The van der Waals surface area contributed by atoms with E-state index < -0.39 is 0 Å². The fourth-order valence-electron chi connectivity index (χ4n) is 4.51. The second-order valence-corrected chi connectivity index (χ2v) is 6.40. The Labute approximate surface area is 120 Å². The molecule has 2 aliphatic carbocycles. The van der Waals surface area contributed by atoms with Gasteiger partial charge in [0.25, 0.3) is 0 Å². The van der Waals surface area contributed by atoms with E-state index in [1.165, 1.54) is 42.0 Å². The molecule has 0 spiro atoms. The molecule has 0 saturated heterocycles. The summed E-state index contributed by atoms with van der Waals surface area (Å²) in [6, 6.07) is 9.28. The van der Waals surface area contributed by atoms with Gasteiger partial charge in [0.15, 0.2) is 0 Å². The number of hydrogen-bond donors (Lipinski definition) is 1. The predicted octanol–water partition coefficient (Wildman–Crippen LogP) is 3.93. The molecule has 0 radical (unpaired) electrons. The number of rotatable bonds is 3. The first-order valence-electron chi connectivity index (χ1n) is 7.90. The van der Waals surface area contributed by atoms with Crippen molar-refractivity contribution < 1.29 is 0 Å². The Hall–Kier alpha value is -1.41. The summed E-state index contributed by atoms with van der Waals surface area (Å²) >= 11 is 0. The van der Waals surface area contributed by atoms with Gasteiger partial charge in [-0.1, -0.05) is 31.0 Å². The molecular formula is C18H22N2. The summed E-state index contributed by atoms with van der Waals surface area (Å²) in [7, 11) is 2.12. The number of pyridine rings is 1. The lowest BCUT2D eigenvalue weighted by atomic mass is 9.95. The third-order valence-electron chi connectivity index (χ3n) is 5.47. The summed E-state index contributed by atoms with van der Waals surface area (Å²) in [5.74, 6) is 2.77. The van der Waals surface area contributed by atoms with Crippen molar-refractivity contribution in [3.05, 3.63) is 42.2 Å². The van der Waals surface area contributed by atoms with E-state index in [0.29, 0.717) is 6.04 Å². The Morgan fingerprint density at radius 2 is 1.95 bits per heavy atom. The molecule has 0 bridgehead atoms. The van der Waals surface area contributed by atoms with E-state index >= 15 is 0 Å². The number of hydrogen-bond acceptors (Lipinski definition) is 2. The highest BCUT2D eigenvalue weighted by atomic mass is 14.9. The van der Waals surface area contributed by atoms with Crippen molar-refractivity contribution in [2.75, 3.05) is 7.05 Å². The minimum Gasteiger partial charge on any atom is -0.313 e. The Bertz CT molecular complexity index is 604. The Morgan fingerprint density at radius 1 is 1.15 bits per heavy atom. The van der Waals surface area contributed by atoms with Crippen LogP contribution in [0.3, 0.4) is 0 Å². The summed E-state index contributed by atoms with van der Waals surface area (Å²) in [4.78, 5) is 4.33. The highest BCUT2D eigenvalue weighted by molar-refractivity contribution is 5.85. The highest BCUT2D eigenvalue weighted by Gasteiger charge is 2.54. The number of nitrogens with one attached hydrogen (secondary N) is 1. The molecule has 2 aromatic rings. The van der Waals surface area contributed by atoms with E-state index in [1.807, 2.05) is 12.4 Å². The van der Waals surface area contributed by atoms with Gasteiger partial charge in [0.2, 0.25) is 0 Å². The summed E-state index contributed by atoms with van der Waals surface area (Å²) in [6.07, 6.45) is 9.67. The molecule has 0 amide bonds. The quantitative estimate of drug-likeness (QED) is 0.910. The minimum absolute atomic E-state index is 0.496. The number of nitrogens with zero attached hydrogens (tertiary/aromatic N) is 1. The number of aromatic nitrogens is 1. The van der Waals surface area contributed by atoms with Crippen LogP contribution < -0.4 is 5.32 Å². The molecule has 0 aliphatic heterocycles. The fraction of sp³-hybridized carbons (Fsp3) is 0.500.